The summed E-state index contributed by atoms with van der Waals surface area (Å²) < 4.78 is 2.25. The standard InChI is InChI=1S/C17H22N4/c1-2-9-19-11-14-12-21(13-17(5-6-17)7-8-18)16-15(14)4-3-10-20-16/h3-4,10,12,19H,2,5-7,9,11,13H2,1H3. The molecule has 0 atom stereocenters. The summed E-state index contributed by atoms with van der Waals surface area (Å²) in [5.41, 5.74) is 2.56. The van der Waals surface area contributed by atoms with Crippen LogP contribution in [0, 0.1) is 16.7 Å². The fourth-order valence-electron chi connectivity index (χ4n) is 2.95. The minimum Gasteiger partial charge on any atom is -0.332 e. The average molecular weight is 282 g/mol. The van der Waals surface area contributed by atoms with Gasteiger partial charge in [-0.3, -0.25) is 0 Å². The number of nitriles is 1. The van der Waals surface area contributed by atoms with E-state index < -0.39 is 0 Å². The lowest BCUT2D eigenvalue weighted by Crippen LogP contribution is -2.13. The maximum absolute atomic E-state index is 9.00. The van der Waals surface area contributed by atoms with Gasteiger partial charge in [-0.15, -0.1) is 0 Å². The van der Waals surface area contributed by atoms with Crippen LogP contribution in [0.3, 0.4) is 0 Å². The van der Waals surface area contributed by atoms with E-state index in [0.29, 0.717) is 6.42 Å². The largest absolute Gasteiger partial charge is 0.332 e. The maximum Gasteiger partial charge on any atom is 0.140 e. The zero-order chi connectivity index (χ0) is 14.7. The molecule has 0 aromatic carbocycles. The molecule has 21 heavy (non-hydrogen) atoms. The van der Waals surface area contributed by atoms with Crippen molar-refractivity contribution in [2.45, 2.75) is 45.7 Å². The van der Waals surface area contributed by atoms with E-state index in [9.17, 15) is 0 Å². The quantitative estimate of drug-likeness (QED) is 0.793. The van der Waals surface area contributed by atoms with Gasteiger partial charge < -0.3 is 9.88 Å². The van der Waals surface area contributed by atoms with Crippen LogP contribution in [-0.4, -0.2) is 16.1 Å². The van der Waals surface area contributed by atoms with Gasteiger partial charge in [-0.1, -0.05) is 6.92 Å². The first-order chi connectivity index (χ1) is 10.3. The molecular formula is C17H22N4. The third-order valence-corrected chi connectivity index (χ3v) is 4.38. The van der Waals surface area contributed by atoms with E-state index in [-0.39, 0.29) is 5.41 Å². The molecule has 0 unspecified atom stereocenters. The zero-order valence-corrected chi connectivity index (χ0v) is 12.6. The van der Waals surface area contributed by atoms with Crippen LogP contribution in [0.25, 0.3) is 11.0 Å². The smallest absolute Gasteiger partial charge is 0.140 e. The number of hydrogen-bond acceptors (Lipinski definition) is 3. The molecule has 1 aliphatic carbocycles. The van der Waals surface area contributed by atoms with Gasteiger partial charge in [0.2, 0.25) is 0 Å². The minimum absolute atomic E-state index is 0.201. The predicted octanol–water partition coefficient (Wildman–Crippen LogP) is 3.23. The average Bonchev–Trinajstić information content (AvgIpc) is 3.16. The fourth-order valence-corrected chi connectivity index (χ4v) is 2.95. The molecular weight excluding hydrogens is 260 g/mol. The van der Waals surface area contributed by atoms with E-state index in [0.717, 1.165) is 44.5 Å². The molecule has 1 aliphatic rings. The molecule has 2 heterocycles. The molecule has 0 bridgehead atoms. The van der Waals surface area contributed by atoms with Gasteiger partial charge in [0.05, 0.1) is 6.07 Å². The summed E-state index contributed by atoms with van der Waals surface area (Å²) in [7, 11) is 0. The lowest BCUT2D eigenvalue weighted by atomic mass is 10.0. The van der Waals surface area contributed by atoms with Crippen molar-refractivity contribution in [1.82, 2.24) is 14.9 Å². The van der Waals surface area contributed by atoms with E-state index in [2.05, 4.69) is 40.1 Å². The SMILES string of the molecule is CCCNCc1cn(CC2(CC#N)CC2)c2ncccc12. The Hall–Kier alpha value is -1.86. The number of pyridine rings is 1. The first-order valence-electron chi connectivity index (χ1n) is 7.78. The van der Waals surface area contributed by atoms with Crippen molar-refractivity contribution in [1.29, 1.82) is 5.26 Å². The molecule has 110 valence electrons. The highest BCUT2D eigenvalue weighted by Crippen LogP contribution is 2.50. The molecule has 4 nitrogen and oxygen atoms in total. The van der Waals surface area contributed by atoms with Crippen molar-refractivity contribution in [3.05, 3.63) is 30.1 Å². The van der Waals surface area contributed by atoms with Crippen LogP contribution in [0.5, 0.6) is 0 Å². The molecule has 1 N–H and O–H groups in total. The van der Waals surface area contributed by atoms with Crippen LogP contribution >= 0.6 is 0 Å². The maximum atomic E-state index is 9.00. The number of nitrogens with one attached hydrogen (secondary N) is 1. The third-order valence-electron chi connectivity index (χ3n) is 4.38. The second kappa shape index (κ2) is 5.87. The Labute approximate surface area is 125 Å². The first-order valence-corrected chi connectivity index (χ1v) is 7.78. The topological polar surface area (TPSA) is 53.6 Å². The summed E-state index contributed by atoms with van der Waals surface area (Å²) in [5, 5.41) is 13.7. The Bertz CT molecular complexity index is 661. The highest BCUT2D eigenvalue weighted by Gasteiger charge is 2.43. The van der Waals surface area contributed by atoms with Crippen LogP contribution in [0.2, 0.25) is 0 Å². The second-order valence-electron chi connectivity index (χ2n) is 6.17. The van der Waals surface area contributed by atoms with Crippen molar-refractivity contribution in [3.63, 3.8) is 0 Å². The lowest BCUT2D eigenvalue weighted by Gasteiger charge is -2.12. The number of fused-ring (bicyclic) bond motifs is 1. The van der Waals surface area contributed by atoms with Crippen molar-refractivity contribution in [2.24, 2.45) is 5.41 Å². The summed E-state index contributed by atoms with van der Waals surface area (Å²) >= 11 is 0. The van der Waals surface area contributed by atoms with Gasteiger partial charge in [-0.05, 0) is 43.5 Å². The van der Waals surface area contributed by atoms with Crippen LogP contribution in [0.4, 0.5) is 0 Å². The van der Waals surface area contributed by atoms with E-state index in [1.807, 2.05) is 12.3 Å². The molecule has 0 saturated heterocycles. The number of rotatable bonds is 7. The molecule has 2 aromatic rings. The van der Waals surface area contributed by atoms with Gasteiger partial charge in [0.25, 0.3) is 0 Å². The summed E-state index contributed by atoms with van der Waals surface area (Å²) in [6.45, 7) is 5.01. The molecule has 2 aromatic heterocycles. The van der Waals surface area contributed by atoms with E-state index >= 15 is 0 Å². The molecule has 1 saturated carbocycles. The van der Waals surface area contributed by atoms with Gasteiger partial charge in [-0.2, -0.15) is 5.26 Å². The van der Waals surface area contributed by atoms with Crippen LogP contribution in [-0.2, 0) is 13.1 Å². The Kier molecular flexibility index (Phi) is 3.94. The number of nitrogens with zero attached hydrogens (tertiary/aromatic N) is 3. The molecule has 0 radical (unpaired) electrons. The normalized spacial score (nSPS) is 16.0. The lowest BCUT2D eigenvalue weighted by molar-refractivity contribution is 0.437. The Morgan fingerprint density at radius 2 is 2.33 bits per heavy atom. The van der Waals surface area contributed by atoms with Crippen molar-refractivity contribution in [2.75, 3.05) is 6.54 Å². The van der Waals surface area contributed by atoms with E-state index in [4.69, 9.17) is 5.26 Å². The first kappa shape index (κ1) is 14.1. The van der Waals surface area contributed by atoms with E-state index in [1.54, 1.807) is 0 Å². The highest BCUT2D eigenvalue weighted by molar-refractivity contribution is 5.80. The van der Waals surface area contributed by atoms with Crippen molar-refractivity contribution in [3.8, 4) is 6.07 Å². The molecule has 4 heteroatoms. The molecule has 3 rings (SSSR count). The van der Waals surface area contributed by atoms with Crippen LogP contribution < -0.4 is 5.32 Å². The zero-order valence-electron chi connectivity index (χ0n) is 12.6. The summed E-state index contributed by atoms with van der Waals surface area (Å²) in [6.07, 6.45) is 8.20. The Morgan fingerprint density at radius 1 is 1.48 bits per heavy atom. The van der Waals surface area contributed by atoms with Gasteiger partial charge in [0.1, 0.15) is 5.65 Å². The van der Waals surface area contributed by atoms with Gasteiger partial charge in [0, 0.05) is 42.7 Å². The highest BCUT2D eigenvalue weighted by atomic mass is 15.0. The molecule has 0 amide bonds. The number of aromatic nitrogens is 2. The Balaban J connectivity index is 1.87. The molecule has 0 spiro atoms. The summed E-state index contributed by atoms with van der Waals surface area (Å²) in [4.78, 5) is 4.55. The van der Waals surface area contributed by atoms with Crippen LogP contribution in [0.1, 0.15) is 38.2 Å². The Morgan fingerprint density at radius 3 is 3.05 bits per heavy atom. The van der Waals surface area contributed by atoms with Gasteiger partial charge in [-0.25, -0.2) is 4.98 Å². The summed E-state index contributed by atoms with van der Waals surface area (Å²) in [6, 6.07) is 6.48. The molecule has 1 fully saturated rings. The van der Waals surface area contributed by atoms with Crippen molar-refractivity contribution < 1.29 is 0 Å². The monoisotopic (exact) mass is 282 g/mol. The predicted molar refractivity (Wildman–Crippen MR) is 83.6 cm³/mol. The van der Waals surface area contributed by atoms with Gasteiger partial charge in [0.15, 0.2) is 0 Å². The van der Waals surface area contributed by atoms with E-state index in [1.165, 1.54) is 10.9 Å². The van der Waals surface area contributed by atoms with Crippen LogP contribution in [0.15, 0.2) is 24.5 Å². The van der Waals surface area contributed by atoms with Crippen molar-refractivity contribution >= 4 is 11.0 Å². The number of hydrogen-bond donors (Lipinski definition) is 1. The fraction of sp³-hybridized carbons (Fsp3) is 0.529. The molecule has 0 aliphatic heterocycles. The summed E-state index contributed by atoms with van der Waals surface area (Å²) in [5.74, 6) is 0. The third kappa shape index (κ3) is 2.93. The van der Waals surface area contributed by atoms with Gasteiger partial charge >= 0.3 is 0 Å². The second-order valence-corrected chi connectivity index (χ2v) is 6.17. The minimum atomic E-state index is 0.201.